The molecule has 2 aromatic carbocycles. The minimum Gasteiger partial charge on any atom is -0.364 e. The van der Waals surface area contributed by atoms with Gasteiger partial charge in [-0.2, -0.15) is 13.2 Å². The first-order valence-corrected chi connectivity index (χ1v) is 9.19. The van der Waals surface area contributed by atoms with E-state index in [1.54, 1.807) is 12.1 Å². The van der Waals surface area contributed by atoms with E-state index < -0.39 is 21.8 Å². The van der Waals surface area contributed by atoms with E-state index in [9.17, 15) is 21.6 Å². The van der Waals surface area contributed by atoms with Gasteiger partial charge in [0.2, 0.25) is 10.0 Å². The SMILES string of the molecule is C[C@@H]1Cc2cc(S(N)(=O)=O)ccc2N1Cc1ccc(C(F)(F)F)cc1. The fraction of sp³-hybridized carbons (Fsp3) is 0.294. The first-order valence-electron chi connectivity index (χ1n) is 7.64. The van der Waals surface area contributed by atoms with Crippen molar-refractivity contribution < 1.29 is 21.6 Å². The molecule has 134 valence electrons. The van der Waals surface area contributed by atoms with Gasteiger partial charge in [0, 0.05) is 18.3 Å². The number of fused-ring (bicyclic) bond motifs is 1. The Hall–Kier alpha value is -2.06. The molecule has 0 radical (unpaired) electrons. The number of sulfonamides is 1. The van der Waals surface area contributed by atoms with Gasteiger partial charge in [-0.3, -0.25) is 0 Å². The van der Waals surface area contributed by atoms with Gasteiger partial charge in [0.25, 0.3) is 0 Å². The quantitative estimate of drug-likeness (QED) is 0.902. The summed E-state index contributed by atoms with van der Waals surface area (Å²) in [5, 5.41) is 5.16. The molecule has 0 unspecified atom stereocenters. The van der Waals surface area contributed by atoms with Crippen molar-refractivity contribution in [3.8, 4) is 0 Å². The van der Waals surface area contributed by atoms with Gasteiger partial charge in [0.05, 0.1) is 10.5 Å². The molecule has 0 bridgehead atoms. The fourth-order valence-electron chi connectivity index (χ4n) is 3.09. The Morgan fingerprint density at radius 2 is 1.80 bits per heavy atom. The third-order valence-corrected chi connectivity index (χ3v) is 5.28. The molecule has 0 saturated heterocycles. The van der Waals surface area contributed by atoms with Crippen molar-refractivity contribution in [1.82, 2.24) is 0 Å². The summed E-state index contributed by atoms with van der Waals surface area (Å²) in [6, 6.07) is 9.89. The van der Waals surface area contributed by atoms with Crippen molar-refractivity contribution in [2.75, 3.05) is 4.90 Å². The lowest BCUT2D eigenvalue weighted by atomic mass is 10.1. The summed E-state index contributed by atoms with van der Waals surface area (Å²) in [7, 11) is -3.76. The van der Waals surface area contributed by atoms with Crippen LogP contribution in [0.3, 0.4) is 0 Å². The number of halogens is 3. The van der Waals surface area contributed by atoms with Crippen LogP contribution in [0.5, 0.6) is 0 Å². The van der Waals surface area contributed by atoms with Crippen LogP contribution in [0.25, 0.3) is 0 Å². The number of nitrogens with zero attached hydrogens (tertiary/aromatic N) is 1. The summed E-state index contributed by atoms with van der Waals surface area (Å²) in [4.78, 5) is 2.11. The van der Waals surface area contributed by atoms with E-state index in [0.717, 1.165) is 28.9 Å². The molecule has 0 amide bonds. The summed E-state index contributed by atoms with van der Waals surface area (Å²) in [6.07, 6.45) is -3.70. The molecular formula is C17H17F3N2O2S. The molecule has 0 saturated carbocycles. The molecule has 0 spiro atoms. The van der Waals surface area contributed by atoms with Crippen LogP contribution >= 0.6 is 0 Å². The number of anilines is 1. The smallest absolute Gasteiger partial charge is 0.364 e. The zero-order valence-electron chi connectivity index (χ0n) is 13.4. The number of nitrogens with two attached hydrogens (primary N) is 1. The molecule has 2 N–H and O–H groups in total. The normalized spacial score (nSPS) is 17.6. The van der Waals surface area contributed by atoms with Crippen molar-refractivity contribution in [2.24, 2.45) is 5.14 Å². The van der Waals surface area contributed by atoms with Crippen LogP contribution in [-0.4, -0.2) is 14.5 Å². The number of hydrogen-bond acceptors (Lipinski definition) is 3. The van der Waals surface area contributed by atoms with E-state index in [-0.39, 0.29) is 10.9 Å². The molecule has 1 aliphatic heterocycles. The molecule has 4 nitrogen and oxygen atoms in total. The summed E-state index contributed by atoms with van der Waals surface area (Å²) < 4.78 is 60.9. The summed E-state index contributed by atoms with van der Waals surface area (Å²) in [5.74, 6) is 0. The Morgan fingerprint density at radius 1 is 1.16 bits per heavy atom. The maximum absolute atomic E-state index is 12.6. The van der Waals surface area contributed by atoms with Crippen LogP contribution in [-0.2, 0) is 29.2 Å². The van der Waals surface area contributed by atoms with Crippen molar-refractivity contribution in [2.45, 2.75) is 37.0 Å². The fourth-order valence-corrected chi connectivity index (χ4v) is 3.65. The van der Waals surface area contributed by atoms with E-state index in [0.29, 0.717) is 13.0 Å². The number of benzene rings is 2. The highest BCUT2D eigenvalue weighted by Gasteiger charge is 2.31. The van der Waals surface area contributed by atoms with Gasteiger partial charge >= 0.3 is 6.18 Å². The number of primary sulfonamides is 1. The molecule has 1 atom stereocenters. The molecule has 2 aromatic rings. The lowest BCUT2D eigenvalue weighted by Gasteiger charge is -2.25. The summed E-state index contributed by atoms with van der Waals surface area (Å²) >= 11 is 0. The van der Waals surface area contributed by atoms with E-state index in [2.05, 4.69) is 0 Å². The average Bonchev–Trinajstić information content (AvgIpc) is 2.81. The van der Waals surface area contributed by atoms with Crippen LogP contribution in [0, 0.1) is 0 Å². The van der Waals surface area contributed by atoms with Crippen LogP contribution in [0.2, 0.25) is 0 Å². The van der Waals surface area contributed by atoms with E-state index in [1.165, 1.54) is 18.2 Å². The van der Waals surface area contributed by atoms with Crippen LogP contribution in [0.15, 0.2) is 47.4 Å². The summed E-state index contributed by atoms with van der Waals surface area (Å²) in [6.45, 7) is 2.43. The second-order valence-corrected chi connectivity index (χ2v) is 7.77. The Kier molecular flexibility index (Phi) is 4.28. The Labute approximate surface area is 144 Å². The second kappa shape index (κ2) is 6.03. The molecule has 0 aliphatic carbocycles. The first-order chi connectivity index (χ1) is 11.6. The van der Waals surface area contributed by atoms with Gasteiger partial charge in [-0.05, 0) is 54.8 Å². The Morgan fingerprint density at radius 3 is 2.36 bits per heavy atom. The zero-order chi connectivity index (χ0) is 18.4. The van der Waals surface area contributed by atoms with E-state index in [4.69, 9.17) is 5.14 Å². The van der Waals surface area contributed by atoms with Crippen molar-refractivity contribution in [1.29, 1.82) is 0 Å². The molecule has 0 fully saturated rings. The summed E-state index contributed by atoms with van der Waals surface area (Å²) in [5.41, 5.74) is 1.82. The van der Waals surface area contributed by atoms with Crippen molar-refractivity contribution in [3.05, 3.63) is 59.2 Å². The Bertz CT molecular complexity index is 893. The van der Waals surface area contributed by atoms with Gasteiger partial charge < -0.3 is 4.90 Å². The van der Waals surface area contributed by atoms with Crippen LogP contribution in [0.4, 0.5) is 18.9 Å². The minimum absolute atomic E-state index is 0.0647. The van der Waals surface area contributed by atoms with Gasteiger partial charge in [-0.15, -0.1) is 0 Å². The zero-order valence-corrected chi connectivity index (χ0v) is 14.2. The first kappa shape index (κ1) is 17.8. The average molecular weight is 370 g/mol. The van der Waals surface area contributed by atoms with Crippen LogP contribution < -0.4 is 10.0 Å². The third kappa shape index (κ3) is 3.64. The molecule has 1 aliphatic rings. The van der Waals surface area contributed by atoms with Gasteiger partial charge in [-0.25, -0.2) is 13.6 Å². The Balaban J connectivity index is 1.85. The molecular weight excluding hydrogens is 353 g/mol. The monoisotopic (exact) mass is 370 g/mol. The van der Waals surface area contributed by atoms with Crippen LogP contribution in [0.1, 0.15) is 23.6 Å². The standard InChI is InChI=1S/C17H17F3N2O2S/c1-11-8-13-9-15(25(21,23)24)6-7-16(13)22(11)10-12-2-4-14(5-3-12)17(18,19)20/h2-7,9,11H,8,10H2,1H3,(H2,21,23,24)/t11-/m1/s1. The molecule has 8 heteroatoms. The molecule has 3 rings (SSSR count). The molecule has 0 aromatic heterocycles. The third-order valence-electron chi connectivity index (χ3n) is 4.37. The number of alkyl halides is 3. The highest BCUT2D eigenvalue weighted by Crippen LogP contribution is 2.35. The van der Waals surface area contributed by atoms with Gasteiger partial charge in [0.15, 0.2) is 0 Å². The van der Waals surface area contributed by atoms with Crippen molar-refractivity contribution >= 4 is 15.7 Å². The number of rotatable bonds is 3. The highest BCUT2D eigenvalue weighted by atomic mass is 32.2. The lowest BCUT2D eigenvalue weighted by Crippen LogP contribution is -2.28. The highest BCUT2D eigenvalue weighted by molar-refractivity contribution is 7.89. The largest absolute Gasteiger partial charge is 0.416 e. The molecule has 25 heavy (non-hydrogen) atoms. The maximum atomic E-state index is 12.6. The van der Waals surface area contributed by atoms with Gasteiger partial charge in [0.1, 0.15) is 0 Å². The number of hydrogen-bond donors (Lipinski definition) is 1. The van der Waals surface area contributed by atoms with E-state index in [1.807, 2.05) is 11.8 Å². The predicted octanol–water partition coefficient (Wildman–Crippen LogP) is 3.30. The second-order valence-electron chi connectivity index (χ2n) is 6.21. The van der Waals surface area contributed by atoms with Gasteiger partial charge in [-0.1, -0.05) is 12.1 Å². The van der Waals surface area contributed by atoms with E-state index >= 15 is 0 Å². The minimum atomic E-state index is -4.35. The molecule has 1 heterocycles. The van der Waals surface area contributed by atoms with Crippen molar-refractivity contribution in [3.63, 3.8) is 0 Å². The lowest BCUT2D eigenvalue weighted by molar-refractivity contribution is -0.137. The topological polar surface area (TPSA) is 63.4 Å². The maximum Gasteiger partial charge on any atom is 0.416 e. The predicted molar refractivity (Wildman–Crippen MR) is 88.6 cm³/mol.